The molecule has 1 aliphatic heterocycles. The predicted octanol–water partition coefficient (Wildman–Crippen LogP) is 3.90. The summed E-state index contributed by atoms with van der Waals surface area (Å²) in [5, 5.41) is 0.616. The van der Waals surface area contributed by atoms with Gasteiger partial charge in [-0.15, -0.1) is 0 Å². The molecule has 2 aromatic carbocycles. The van der Waals surface area contributed by atoms with Crippen molar-refractivity contribution in [3.8, 4) is 11.5 Å². The Morgan fingerprint density at radius 1 is 1.20 bits per heavy atom. The number of carbonyl (C=O) groups excluding carboxylic acids is 2. The van der Waals surface area contributed by atoms with Crippen molar-refractivity contribution >= 4 is 29.4 Å². The Bertz CT molecular complexity index is 855. The zero-order valence-electron chi connectivity index (χ0n) is 13.6. The largest absolute Gasteiger partial charge is 0.479 e. The van der Waals surface area contributed by atoms with Crippen LogP contribution in [0.5, 0.6) is 11.5 Å². The number of halogens is 1. The third kappa shape index (κ3) is 3.67. The fourth-order valence-electron chi connectivity index (χ4n) is 2.37. The summed E-state index contributed by atoms with van der Waals surface area (Å²) in [5.74, 6) is 0.325. The summed E-state index contributed by atoms with van der Waals surface area (Å²) in [4.78, 5) is 23.9. The van der Waals surface area contributed by atoms with Crippen LogP contribution in [0.1, 0.15) is 22.8 Å². The number of methoxy groups -OCH3 is 1. The van der Waals surface area contributed by atoms with Crippen molar-refractivity contribution in [2.75, 3.05) is 7.11 Å². The van der Waals surface area contributed by atoms with Gasteiger partial charge in [0.15, 0.2) is 11.9 Å². The maximum absolute atomic E-state index is 12.4. The van der Waals surface area contributed by atoms with E-state index in [1.54, 1.807) is 55.5 Å². The Morgan fingerprint density at radius 2 is 1.92 bits per heavy atom. The summed E-state index contributed by atoms with van der Waals surface area (Å²) in [6.45, 7) is 1.58. The molecule has 1 aliphatic rings. The third-order valence-corrected chi connectivity index (χ3v) is 3.91. The number of ketones is 1. The van der Waals surface area contributed by atoms with E-state index < -0.39 is 12.1 Å². The SMILES string of the molecule is COC(=O)[C@@H](C)Oc1ccc2c(c1)O/C(=C\c1ccc(Cl)cc1)C2=O. The first-order chi connectivity index (χ1) is 12.0. The minimum absolute atomic E-state index is 0.211. The third-order valence-electron chi connectivity index (χ3n) is 3.66. The lowest BCUT2D eigenvalue weighted by Crippen LogP contribution is -2.24. The summed E-state index contributed by atoms with van der Waals surface area (Å²) >= 11 is 5.86. The summed E-state index contributed by atoms with van der Waals surface area (Å²) in [5.41, 5.74) is 1.25. The monoisotopic (exact) mass is 358 g/mol. The van der Waals surface area contributed by atoms with E-state index in [0.717, 1.165) is 5.56 Å². The van der Waals surface area contributed by atoms with Crippen molar-refractivity contribution in [3.63, 3.8) is 0 Å². The Labute approximate surface area is 149 Å². The van der Waals surface area contributed by atoms with Gasteiger partial charge in [0.2, 0.25) is 5.78 Å². The average Bonchev–Trinajstić information content (AvgIpc) is 2.91. The van der Waals surface area contributed by atoms with Gasteiger partial charge in [-0.05, 0) is 42.8 Å². The molecule has 0 N–H and O–H groups in total. The van der Waals surface area contributed by atoms with E-state index in [0.29, 0.717) is 22.1 Å². The molecule has 0 saturated heterocycles. The first-order valence-corrected chi connectivity index (χ1v) is 7.94. The van der Waals surface area contributed by atoms with Crippen LogP contribution < -0.4 is 9.47 Å². The molecule has 0 fully saturated rings. The fraction of sp³-hybridized carbons (Fsp3) is 0.158. The van der Waals surface area contributed by atoms with E-state index in [2.05, 4.69) is 4.74 Å². The Balaban J connectivity index is 1.81. The molecule has 0 aromatic heterocycles. The van der Waals surface area contributed by atoms with Crippen LogP contribution in [0.15, 0.2) is 48.2 Å². The molecule has 128 valence electrons. The van der Waals surface area contributed by atoms with Crippen molar-refractivity contribution in [3.05, 3.63) is 64.4 Å². The first-order valence-electron chi connectivity index (χ1n) is 7.56. The van der Waals surface area contributed by atoms with Crippen LogP contribution in [0.2, 0.25) is 5.02 Å². The normalized spacial score (nSPS) is 15.5. The lowest BCUT2D eigenvalue weighted by Gasteiger charge is -2.12. The number of hydrogen-bond acceptors (Lipinski definition) is 5. The number of ether oxygens (including phenoxy) is 3. The van der Waals surface area contributed by atoms with Gasteiger partial charge in [0, 0.05) is 11.1 Å². The molecule has 0 radical (unpaired) electrons. The summed E-state index contributed by atoms with van der Waals surface area (Å²) in [7, 11) is 1.29. The second-order valence-electron chi connectivity index (χ2n) is 5.43. The Kier molecular flexibility index (Phi) is 4.76. The second kappa shape index (κ2) is 6.99. The van der Waals surface area contributed by atoms with Crippen molar-refractivity contribution in [2.24, 2.45) is 0 Å². The highest BCUT2D eigenvalue weighted by molar-refractivity contribution is 6.30. The smallest absolute Gasteiger partial charge is 0.346 e. The van der Waals surface area contributed by atoms with E-state index in [1.807, 2.05) is 0 Å². The zero-order valence-corrected chi connectivity index (χ0v) is 14.4. The lowest BCUT2D eigenvalue weighted by atomic mass is 10.1. The molecule has 1 atom stereocenters. The molecular formula is C19H15ClO5. The number of allylic oxidation sites excluding steroid dienone is 1. The van der Waals surface area contributed by atoms with Gasteiger partial charge in [-0.2, -0.15) is 0 Å². The minimum Gasteiger partial charge on any atom is -0.479 e. The minimum atomic E-state index is -0.760. The quantitative estimate of drug-likeness (QED) is 0.612. The molecule has 6 heteroatoms. The van der Waals surface area contributed by atoms with Crippen LogP contribution in [-0.4, -0.2) is 25.0 Å². The number of benzene rings is 2. The first kappa shape index (κ1) is 17.0. The average molecular weight is 359 g/mol. The highest BCUT2D eigenvalue weighted by Crippen LogP contribution is 2.35. The second-order valence-corrected chi connectivity index (χ2v) is 5.87. The number of hydrogen-bond donors (Lipinski definition) is 0. The van der Waals surface area contributed by atoms with Gasteiger partial charge in [0.25, 0.3) is 0 Å². The van der Waals surface area contributed by atoms with E-state index in [4.69, 9.17) is 21.1 Å². The maximum Gasteiger partial charge on any atom is 0.346 e. The van der Waals surface area contributed by atoms with Gasteiger partial charge in [-0.25, -0.2) is 4.79 Å². The molecule has 0 bridgehead atoms. The molecule has 0 amide bonds. The topological polar surface area (TPSA) is 61.8 Å². The molecule has 2 aromatic rings. The van der Waals surface area contributed by atoms with Crippen LogP contribution in [0.3, 0.4) is 0 Å². The van der Waals surface area contributed by atoms with Crippen molar-refractivity contribution < 1.29 is 23.8 Å². The molecule has 25 heavy (non-hydrogen) atoms. The molecule has 0 spiro atoms. The highest BCUT2D eigenvalue weighted by Gasteiger charge is 2.28. The van der Waals surface area contributed by atoms with Gasteiger partial charge in [0.1, 0.15) is 11.5 Å². The number of fused-ring (bicyclic) bond motifs is 1. The summed E-state index contributed by atoms with van der Waals surface area (Å²) in [6, 6.07) is 11.9. The van der Waals surface area contributed by atoms with Gasteiger partial charge >= 0.3 is 5.97 Å². The van der Waals surface area contributed by atoms with E-state index in [1.165, 1.54) is 7.11 Å². The van der Waals surface area contributed by atoms with Gasteiger partial charge in [-0.3, -0.25) is 4.79 Å². The van der Waals surface area contributed by atoms with Crippen LogP contribution >= 0.6 is 11.6 Å². The van der Waals surface area contributed by atoms with E-state index >= 15 is 0 Å². The van der Waals surface area contributed by atoms with Crippen molar-refractivity contribution in [1.29, 1.82) is 0 Å². The van der Waals surface area contributed by atoms with Gasteiger partial charge in [-0.1, -0.05) is 23.7 Å². The number of Topliss-reactive ketones (excluding diaryl/α,β-unsaturated/α-hetero) is 1. The molecule has 0 unspecified atom stereocenters. The lowest BCUT2D eigenvalue weighted by molar-refractivity contribution is -0.147. The van der Waals surface area contributed by atoms with Crippen LogP contribution in [-0.2, 0) is 9.53 Å². The molecule has 5 nitrogen and oxygen atoms in total. The number of esters is 1. The molecule has 0 aliphatic carbocycles. The Hall–Kier alpha value is -2.79. The van der Waals surface area contributed by atoms with Gasteiger partial charge in [0.05, 0.1) is 12.7 Å². The molecule has 1 heterocycles. The van der Waals surface area contributed by atoms with E-state index in [9.17, 15) is 9.59 Å². The molecule has 3 rings (SSSR count). The van der Waals surface area contributed by atoms with Crippen LogP contribution in [0.4, 0.5) is 0 Å². The van der Waals surface area contributed by atoms with Crippen molar-refractivity contribution in [1.82, 2.24) is 0 Å². The van der Waals surface area contributed by atoms with Crippen LogP contribution in [0, 0.1) is 0 Å². The number of carbonyl (C=O) groups is 2. The fourth-order valence-corrected chi connectivity index (χ4v) is 2.50. The van der Waals surface area contributed by atoms with E-state index in [-0.39, 0.29) is 11.5 Å². The molecule has 0 saturated carbocycles. The van der Waals surface area contributed by atoms with Gasteiger partial charge < -0.3 is 14.2 Å². The van der Waals surface area contributed by atoms with Crippen molar-refractivity contribution in [2.45, 2.75) is 13.0 Å². The molecular weight excluding hydrogens is 344 g/mol. The van der Waals surface area contributed by atoms with Crippen LogP contribution in [0.25, 0.3) is 6.08 Å². The predicted molar refractivity (Wildman–Crippen MR) is 92.9 cm³/mol. The summed E-state index contributed by atoms with van der Waals surface area (Å²) < 4.78 is 15.8. The highest BCUT2D eigenvalue weighted by atomic mass is 35.5. The number of rotatable bonds is 4. The Morgan fingerprint density at radius 3 is 2.60 bits per heavy atom. The standard InChI is InChI=1S/C19H15ClO5/c1-11(19(22)23-2)24-14-7-8-15-16(10-14)25-17(18(15)21)9-12-3-5-13(20)6-4-12/h3-11H,1-2H3/b17-9-/t11-/m1/s1. The maximum atomic E-state index is 12.4. The zero-order chi connectivity index (χ0) is 18.0. The summed E-state index contributed by atoms with van der Waals surface area (Å²) in [6.07, 6.45) is 0.889.